The quantitative estimate of drug-likeness (QED) is 0.0167. The zero-order valence-electron chi connectivity index (χ0n) is 54.4. The predicted octanol–water partition coefficient (Wildman–Crippen LogP) is -2.77. The number of nitrogens with one attached hydrogen (secondary N) is 11. The van der Waals surface area contributed by atoms with Crippen molar-refractivity contribution in [1.82, 2.24) is 63.4 Å². The van der Waals surface area contributed by atoms with Gasteiger partial charge in [-0.1, -0.05) is 107 Å². The van der Waals surface area contributed by atoms with Crippen LogP contribution in [0.5, 0.6) is 5.75 Å². The highest BCUT2D eigenvalue weighted by molar-refractivity contribution is 6.00. The number of phenolic OH excluding ortho intramolecular Hbond substituents is 1. The van der Waals surface area contributed by atoms with Gasteiger partial charge in [-0.15, -0.1) is 0 Å². The molecule has 12 amide bonds. The van der Waals surface area contributed by atoms with Gasteiger partial charge in [0.1, 0.15) is 54.1 Å². The number of aliphatic imine (C=N–C) groups is 1. The van der Waals surface area contributed by atoms with Gasteiger partial charge in [0.15, 0.2) is 5.96 Å². The molecular formula is C65H95N17O13. The zero-order chi connectivity index (χ0) is 69.6. The monoisotopic (exact) mass is 1320 g/mol. The van der Waals surface area contributed by atoms with Crippen molar-refractivity contribution in [2.75, 3.05) is 39.3 Å². The maximum atomic E-state index is 14.7. The molecule has 30 heteroatoms. The molecule has 0 saturated carbocycles. The van der Waals surface area contributed by atoms with Crippen molar-refractivity contribution in [3.63, 3.8) is 0 Å². The Kier molecular flexibility index (Phi) is 31.3. The number of amides is 12. The van der Waals surface area contributed by atoms with Gasteiger partial charge in [0.05, 0.1) is 25.6 Å². The Hall–Kier alpha value is -9.71. The van der Waals surface area contributed by atoms with Gasteiger partial charge in [-0.3, -0.25) is 62.5 Å². The number of carbonyl (C=O) groups is 12. The molecule has 518 valence electrons. The summed E-state index contributed by atoms with van der Waals surface area (Å²) in [6, 6.07) is 12.4. The first kappa shape index (κ1) is 76.0. The van der Waals surface area contributed by atoms with Crippen LogP contribution in [0.3, 0.4) is 0 Å². The molecule has 0 aliphatic carbocycles. The van der Waals surface area contributed by atoms with E-state index in [0.29, 0.717) is 44.3 Å². The van der Waals surface area contributed by atoms with E-state index in [1.807, 2.05) is 30.3 Å². The molecule has 0 unspecified atom stereocenters. The van der Waals surface area contributed by atoms with E-state index in [1.54, 1.807) is 70.2 Å². The van der Waals surface area contributed by atoms with Crippen molar-refractivity contribution in [2.24, 2.45) is 39.8 Å². The van der Waals surface area contributed by atoms with Crippen molar-refractivity contribution in [3.8, 4) is 5.75 Å². The number of likely N-dealkylation sites (tertiary alicyclic amines) is 1. The molecule has 2 aliphatic heterocycles. The molecule has 2 heterocycles. The fraction of sp³-hybridized carbons (Fsp3) is 0.523. The number of primary amides is 1. The van der Waals surface area contributed by atoms with Gasteiger partial charge in [0.2, 0.25) is 70.9 Å². The van der Waals surface area contributed by atoms with Gasteiger partial charge in [-0.05, 0) is 105 Å². The summed E-state index contributed by atoms with van der Waals surface area (Å²) < 4.78 is 0. The summed E-state index contributed by atoms with van der Waals surface area (Å²) in [6.07, 6.45) is 1.31. The summed E-state index contributed by atoms with van der Waals surface area (Å²) >= 11 is 0. The molecule has 30 nitrogen and oxygen atoms in total. The first-order valence-electron chi connectivity index (χ1n) is 32.2. The van der Waals surface area contributed by atoms with Crippen LogP contribution in [0.4, 0.5) is 0 Å². The number of hydrogen-bond donors (Lipinski definition) is 16. The van der Waals surface area contributed by atoms with E-state index in [9.17, 15) is 62.6 Å². The third kappa shape index (κ3) is 26.0. The maximum Gasteiger partial charge on any atom is 0.247 e. The van der Waals surface area contributed by atoms with Crippen LogP contribution < -0.4 is 81.4 Å². The lowest BCUT2D eigenvalue weighted by Gasteiger charge is -2.32. The molecule has 10 atom stereocenters. The summed E-state index contributed by atoms with van der Waals surface area (Å²) in [7, 11) is 0. The summed E-state index contributed by atoms with van der Waals surface area (Å²) in [5.41, 5.74) is 24.6. The number of hydrogen-bond acceptors (Lipinski definition) is 16. The lowest BCUT2D eigenvalue weighted by molar-refractivity contribution is -0.143. The molecule has 2 aliphatic rings. The molecule has 3 aromatic rings. The van der Waals surface area contributed by atoms with Crippen molar-refractivity contribution in [3.05, 3.63) is 102 Å². The fourth-order valence-electron chi connectivity index (χ4n) is 10.7. The summed E-state index contributed by atoms with van der Waals surface area (Å²) in [5, 5.41) is 39.3. The minimum Gasteiger partial charge on any atom is -0.508 e. The SMILES string of the molecule is CC[C@H](C)[C@@H]1NC(=O)[C@H](CCCN=C(N)N)NC(=O)[C@@H](NC(=O)[C@H](CC(C)C)NC(=O)[C@H](Cc2ccccc2)NC(=O)CNC(=O)CNC(=O)[C@H](Cc2ccc(O)cc2)NCc2ccccc2)CC(=O)NC[C@@H](C(=O)N2CCC[C@H]2C(=O)N[C@@H](CCCCN)C(N)=O)NC1=O. The van der Waals surface area contributed by atoms with Gasteiger partial charge in [-0.2, -0.15) is 0 Å². The molecular weight excluding hydrogens is 1230 g/mol. The van der Waals surface area contributed by atoms with Gasteiger partial charge in [-0.25, -0.2) is 0 Å². The Morgan fingerprint density at radius 2 is 1.34 bits per heavy atom. The minimum atomic E-state index is -1.78. The first-order valence-corrected chi connectivity index (χ1v) is 32.2. The number of benzene rings is 3. The number of nitrogens with zero attached hydrogens (tertiary/aromatic N) is 2. The van der Waals surface area contributed by atoms with Crippen LogP contribution in [0.25, 0.3) is 0 Å². The van der Waals surface area contributed by atoms with Crippen LogP contribution in [0, 0.1) is 11.8 Å². The van der Waals surface area contributed by atoms with E-state index < -0.39 is 157 Å². The van der Waals surface area contributed by atoms with Crippen LogP contribution in [-0.4, -0.2) is 180 Å². The normalized spacial score (nSPS) is 19.3. The van der Waals surface area contributed by atoms with E-state index in [-0.39, 0.29) is 75.7 Å². The average Bonchev–Trinajstić information content (AvgIpc) is 1.28. The summed E-state index contributed by atoms with van der Waals surface area (Å²) in [5.74, 6) is -10.8. The second-order valence-electron chi connectivity index (χ2n) is 24.2. The van der Waals surface area contributed by atoms with Gasteiger partial charge in [0, 0.05) is 32.6 Å². The molecule has 5 rings (SSSR count). The topological polar surface area (TPSA) is 477 Å². The number of carbonyl (C=O) groups excluding carboxylic acids is 12. The van der Waals surface area contributed by atoms with Crippen molar-refractivity contribution >= 4 is 76.8 Å². The largest absolute Gasteiger partial charge is 0.508 e. The van der Waals surface area contributed by atoms with Crippen LogP contribution in [0.15, 0.2) is 89.9 Å². The molecule has 2 fully saturated rings. The van der Waals surface area contributed by atoms with Crippen LogP contribution >= 0.6 is 0 Å². The summed E-state index contributed by atoms with van der Waals surface area (Å²) in [6.45, 7) is 5.92. The molecule has 20 N–H and O–H groups in total. The Labute approximate surface area is 552 Å². The molecule has 3 aromatic carbocycles. The third-order valence-electron chi connectivity index (χ3n) is 16.2. The first-order chi connectivity index (χ1) is 45.3. The molecule has 95 heavy (non-hydrogen) atoms. The Bertz CT molecular complexity index is 3120. The van der Waals surface area contributed by atoms with E-state index in [4.69, 9.17) is 22.9 Å². The van der Waals surface area contributed by atoms with E-state index >= 15 is 0 Å². The zero-order valence-corrected chi connectivity index (χ0v) is 54.4. The van der Waals surface area contributed by atoms with Crippen molar-refractivity contribution in [2.45, 2.75) is 166 Å². The Morgan fingerprint density at radius 1 is 0.684 bits per heavy atom. The number of nitrogens with two attached hydrogens (primary N) is 4. The summed E-state index contributed by atoms with van der Waals surface area (Å²) in [4.78, 5) is 173. The van der Waals surface area contributed by atoms with E-state index in [2.05, 4.69) is 63.5 Å². The Balaban J connectivity index is 1.36. The molecule has 0 radical (unpaired) electrons. The minimum absolute atomic E-state index is 0.00639. The van der Waals surface area contributed by atoms with Crippen molar-refractivity contribution < 1.29 is 62.6 Å². The predicted molar refractivity (Wildman–Crippen MR) is 352 cm³/mol. The smallest absolute Gasteiger partial charge is 0.247 e. The number of guanidine groups is 1. The van der Waals surface area contributed by atoms with Gasteiger partial charge >= 0.3 is 0 Å². The highest BCUT2D eigenvalue weighted by Gasteiger charge is 2.41. The van der Waals surface area contributed by atoms with E-state index in [1.165, 1.54) is 17.0 Å². The second-order valence-corrected chi connectivity index (χ2v) is 24.2. The lowest BCUT2D eigenvalue weighted by atomic mass is 9.96. The van der Waals surface area contributed by atoms with Crippen LogP contribution in [-0.2, 0) is 76.9 Å². The molecule has 0 aromatic heterocycles. The fourth-order valence-corrected chi connectivity index (χ4v) is 10.7. The van der Waals surface area contributed by atoms with Gasteiger partial charge < -0.3 is 91.4 Å². The molecule has 0 spiro atoms. The maximum absolute atomic E-state index is 14.7. The van der Waals surface area contributed by atoms with Crippen LogP contribution in [0.1, 0.15) is 109 Å². The third-order valence-corrected chi connectivity index (χ3v) is 16.2. The number of rotatable bonds is 33. The highest BCUT2D eigenvalue weighted by Crippen LogP contribution is 2.21. The number of unbranched alkanes of at least 4 members (excludes halogenated alkanes) is 1. The van der Waals surface area contributed by atoms with Gasteiger partial charge in [0.25, 0.3) is 0 Å². The number of aromatic hydroxyl groups is 1. The molecule has 2 saturated heterocycles. The Morgan fingerprint density at radius 3 is 1.98 bits per heavy atom. The lowest BCUT2D eigenvalue weighted by Crippen LogP contribution is -2.63. The number of phenols is 1. The average molecular weight is 1320 g/mol. The molecule has 0 bridgehead atoms. The highest BCUT2D eigenvalue weighted by atomic mass is 16.3. The van der Waals surface area contributed by atoms with E-state index in [0.717, 1.165) is 11.1 Å². The van der Waals surface area contributed by atoms with Crippen molar-refractivity contribution in [1.29, 1.82) is 0 Å². The second kappa shape index (κ2) is 39.1. The van der Waals surface area contributed by atoms with Crippen LogP contribution in [0.2, 0.25) is 0 Å². The standard InChI is InChI=1S/C65H95N17O13/c1-5-39(4)55-63(94)80-50(64(95)82-29-15-22-51(82)62(93)76-44(56(67)87)20-12-13-27-66)35-72-52(84)33-49(61(92)77-45(58(89)81-55)21-14-28-70-65(68)69)79-59(90)47(30-38(2)3)78-60(91)48(32-40-16-8-6-9-17-40)75-54(86)37-73-53(85)36-74-57(88)46(31-41-23-25-43(83)26-24-41)71-34-42-18-10-7-11-19-42/h6-11,16-19,23-26,38-39,44-51,55,71,83H,5,12-15,20-22,27-37,66H2,1-4H3,(H2,67,87)(H,72,84)(H,73,85)(H,74,88)(H,75,86)(H,76,93)(H,77,92)(H,78,91)(H,79,90)(H,80,94)(H,81,89)(H4,68,69,70)/t39-,44-,45-,46-,47-,48-,49-,50-,51-,55-/m0/s1.